The smallest absolute Gasteiger partial charge is 0.253 e. The fourth-order valence-corrected chi connectivity index (χ4v) is 2.58. The van der Waals surface area contributed by atoms with E-state index in [0.29, 0.717) is 0 Å². The molecule has 2 heterocycles. The molecule has 0 radical (unpaired) electrons. The normalized spacial score (nSPS) is 19.3. The van der Waals surface area contributed by atoms with Gasteiger partial charge in [0.2, 0.25) is 0 Å². The van der Waals surface area contributed by atoms with Gasteiger partial charge in [0.25, 0.3) is 5.91 Å². The van der Waals surface area contributed by atoms with Crippen molar-refractivity contribution in [3.63, 3.8) is 0 Å². The van der Waals surface area contributed by atoms with Crippen molar-refractivity contribution >= 4 is 16.8 Å². The van der Waals surface area contributed by atoms with Crippen LogP contribution in [0.15, 0.2) is 30.5 Å². The molecular formula is C14H17N3O. The van der Waals surface area contributed by atoms with Gasteiger partial charge in [-0.2, -0.15) is 0 Å². The van der Waals surface area contributed by atoms with E-state index in [0.717, 1.165) is 36.0 Å². The Hall–Kier alpha value is -1.81. The second kappa shape index (κ2) is 4.46. The van der Waals surface area contributed by atoms with E-state index in [9.17, 15) is 4.79 Å². The van der Waals surface area contributed by atoms with Crippen LogP contribution in [0.25, 0.3) is 10.9 Å². The Morgan fingerprint density at radius 3 is 3.11 bits per heavy atom. The Morgan fingerprint density at radius 1 is 1.44 bits per heavy atom. The number of carbonyl (C=O) groups is 1. The van der Waals surface area contributed by atoms with Gasteiger partial charge in [-0.25, -0.2) is 0 Å². The molecule has 0 aliphatic carbocycles. The van der Waals surface area contributed by atoms with Crippen LogP contribution in [0.5, 0.6) is 0 Å². The molecule has 1 aliphatic rings. The lowest BCUT2D eigenvalue weighted by molar-refractivity contribution is 0.0941. The predicted molar refractivity (Wildman–Crippen MR) is 71.7 cm³/mol. The predicted octanol–water partition coefficient (Wildman–Crippen LogP) is 1.27. The number of fused-ring (bicyclic) bond motifs is 1. The van der Waals surface area contributed by atoms with Crippen LogP contribution in [0.2, 0.25) is 0 Å². The summed E-state index contributed by atoms with van der Waals surface area (Å²) < 4.78 is 2.00. The molecule has 1 atom stereocenters. The van der Waals surface area contributed by atoms with E-state index in [1.807, 2.05) is 42.1 Å². The third-order valence-electron chi connectivity index (χ3n) is 3.54. The highest BCUT2D eigenvalue weighted by molar-refractivity contribution is 6.06. The van der Waals surface area contributed by atoms with Crippen LogP contribution < -0.4 is 10.6 Å². The van der Waals surface area contributed by atoms with Gasteiger partial charge in [-0.15, -0.1) is 0 Å². The van der Waals surface area contributed by atoms with Crippen LogP contribution in [-0.4, -0.2) is 29.6 Å². The molecule has 1 unspecified atom stereocenters. The monoisotopic (exact) mass is 243 g/mol. The Kier molecular flexibility index (Phi) is 2.80. The lowest BCUT2D eigenvalue weighted by Gasteiger charge is -2.12. The number of hydrogen-bond acceptors (Lipinski definition) is 2. The third-order valence-corrected chi connectivity index (χ3v) is 3.54. The molecule has 1 aromatic heterocycles. The Morgan fingerprint density at radius 2 is 2.33 bits per heavy atom. The standard InChI is InChI=1S/C14H17N3O/c1-17-8-6-10-3-2-4-12(13(10)17)14(18)16-11-5-7-15-9-11/h2-4,6,8,11,15H,5,7,9H2,1H3,(H,16,18). The highest BCUT2D eigenvalue weighted by atomic mass is 16.1. The molecule has 3 rings (SSSR count). The fourth-order valence-electron chi connectivity index (χ4n) is 2.58. The van der Waals surface area contributed by atoms with E-state index in [4.69, 9.17) is 0 Å². The van der Waals surface area contributed by atoms with E-state index in [1.165, 1.54) is 0 Å². The second-order valence-electron chi connectivity index (χ2n) is 4.83. The van der Waals surface area contributed by atoms with Gasteiger partial charge in [-0.1, -0.05) is 12.1 Å². The van der Waals surface area contributed by atoms with Gasteiger partial charge in [0, 0.05) is 31.2 Å². The number of hydrogen-bond donors (Lipinski definition) is 2. The summed E-state index contributed by atoms with van der Waals surface area (Å²) in [7, 11) is 1.97. The molecule has 0 bridgehead atoms. The van der Waals surface area contributed by atoms with E-state index >= 15 is 0 Å². The first kappa shape index (κ1) is 11.3. The first-order chi connectivity index (χ1) is 8.75. The lowest BCUT2D eigenvalue weighted by Crippen LogP contribution is -2.36. The quantitative estimate of drug-likeness (QED) is 0.834. The summed E-state index contributed by atoms with van der Waals surface area (Å²) in [5.41, 5.74) is 1.76. The number of carbonyl (C=O) groups excluding carboxylic acids is 1. The summed E-state index contributed by atoms with van der Waals surface area (Å²) in [6, 6.07) is 8.14. The molecule has 4 nitrogen and oxygen atoms in total. The molecule has 1 aromatic carbocycles. The molecule has 94 valence electrons. The Labute approximate surface area is 106 Å². The van der Waals surface area contributed by atoms with Crippen LogP contribution >= 0.6 is 0 Å². The van der Waals surface area contributed by atoms with Crippen LogP contribution in [-0.2, 0) is 7.05 Å². The first-order valence-electron chi connectivity index (χ1n) is 6.31. The zero-order valence-corrected chi connectivity index (χ0v) is 10.4. The number of para-hydroxylation sites is 1. The minimum atomic E-state index is 0.0242. The van der Waals surface area contributed by atoms with Crippen LogP contribution in [0.1, 0.15) is 16.8 Å². The molecule has 2 aromatic rings. The summed E-state index contributed by atoms with van der Waals surface area (Å²) >= 11 is 0. The van der Waals surface area contributed by atoms with Gasteiger partial charge in [0.15, 0.2) is 0 Å². The van der Waals surface area contributed by atoms with Crippen LogP contribution in [0.3, 0.4) is 0 Å². The van der Waals surface area contributed by atoms with Crippen LogP contribution in [0, 0.1) is 0 Å². The summed E-state index contributed by atoms with van der Waals surface area (Å²) in [4.78, 5) is 12.3. The Balaban J connectivity index is 1.93. The van der Waals surface area contributed by atoms with Gasteiger partial charge < -0.3 is 15.2 Å². The highest BCUT2D eigenvalue weighted by Gasteiger charge is 2.19. The topological polar surface area (TPSA) is 46.1 Å². The van der Waals surface area contributed by atoms with Gasteiger partial charge in [-0.3, -0.25) is 4.79 Å². The molecule has 1 aliphatic heterocycles. The van der Waals surface area contributed by atoms with Gasteiger partial charge >= 0.3 is 0 Å². The number of nitrogens with zero attached hydrogens (tertiary/aromatic N) is 1. The molecule has 18 heavy (non-hydrogen) atoms. The maximum absolute atomic E-state index is 12.3. The summed E-state index contributed by atoms with van der Waals surface area (Å²) in [6.45, 7) is 1.86. The minimum absolute atomic E-state index is 0.0242. The highest BCUT2D eigenvalue weighted by Crippen LogP contribution is 2.19. The van der Waals surface area contributed by atoms with Crippen molar-refractivity contribution in [2.75, 3.05) is 13.1 Å². The zero-order valence-electron chi connectivity index (χ0n) is 10.4. The van der Waals surface area contributed by atoms with Crippen LogP contribution in [0.4, 0.5) is 0 Å². The number of rotatable bonds is 2. The van der Waals surface area contributed by atoms with E-state index < -0.39 is 0 Å². The van der Waals surface area contributed by atoms with E-state index in [2.05, 4.69) is 10.6 Å². The summed E-state index contributed by atoms with van der Waals surface area (Å²) in [5.74, 6) is 0.0242. The summed E-state index contributed by atoms with van der Waals surface area (Å²) in [6.07, 6.45) is 2.99. The molecule has 0 spiro atoms. The minimum Gasteiger partial charge on any atom is -0.350 e. The lowest BCUT2D eigenvalue weighted by atomic mass is 10.1. The number of amides is 1. The van der Waals surface area contributed by atoms with Crippen molar-refractivity contribution in [2.24, 2.45) is 7.05 Å². The van der Waals surface area contributed by atoms with E-state index in [1.54, 1.807) is 0 Å². The number of nitrogens with one attached hydrogen (secondary N) is 2. The molecule has 1 saturated heterocycles. The molecular weight excluding hydrogens is 226 g/mol. The van der Waals surface area contributed by atoms with Crippen molar-refractivity contribution < 1.29 is 4.79 Å². The average molecular weight is 243 g/mol. The average Bonchev–Trinajstić information content (AvgIpc) is 2.99. The van der Waals surface area contributed by atoms with Crippen molar-refractivity contribution in [1.29, 1.82) is 0 Å². The number of aromatic nitrogens is 1. The van der Waals surface area contributed by atoms with Crippen molar-refractivity contribution in [3.8, 4) is 0 Å². The largest absolute Gasteiger partial charge is 0.350 e. The van der Waals surface area contributed by atoms with Gasteiger partial charge in [0.1, 0.15) is 0 Å². The molecule has 1 amide bonds. The van der Waals surface area contributed by atoms with Crippen molar-refractivity contribution in [1.82, 2.24) is 15.2 Å². The Bertz CT molecular complexity index is 582. The second-order valence-corrected chi connectivity index (χ2v) is 4.83. The molecule has 0 saturated carbocycles. The molecule has 2 N–H and O–H groups in total. The summed E-state index contributed by atoms with van der Waals surface area (Å²) in [5, 5.41) is 7.45. The SMILES string of the molecule is Cn1ccc2cccc(C(=O)NC3CCNC3)c21. The van der Waals surface area contributed by atoms with Gasteiger partial charge in [0.05, 0.1) is 11.1 Å². The number of aryl methyl sites for hydroxylation is 1. The molecule has 1 fully saturated rings. The number of benzene rings is 1. The van der Waals surface area contributed by atoms with Crippen molar-refractivity contribution in [3.05, 3.63) is 36.0 Å². The maximum atomic E-state index is 12.3. The van der Waals surface area contributed by atoms with Crippen molar-refractivity contribution in [2.45, 2.75) is 12.5 Å². The van der Waals surface area contributed by atoms with Gasteiger partial charge in [-0.05, 0) is 25.1 Å². The van der Waals surface area contributed by atoms with E-state index in [-0.39, 0.29) is 11.9 Å². The molecule has 4 heteroatoms. The maximum Gasteiger partial charge on any atom is 0.253 e. The first-order valence-corrected chi connectivity index (χ1v) is 6.31. The third kappa shape index (κ3) is 1.88. The fraction of sp³-hybridized carbons (Fsp3) is 0.357. The zero-order chi connectivity index (χ0) is 12.5.